The van der Waals surface area contributed by atoms with Crippen molar-refractivity contribution in [2.24, 2.45) is 0 Å². The average Bonchev–Trinajstić information content (AvgIpc) is 3.24. The number of rotatable bonds is 6. The average molecular weight is 376 g/mol. The molecule has 0 fully saturated rings. The van der Waals surface area contributed by atoms with Gasteiger partial charge in [-0.05, 0) is 11.4 Å². The van der Waals surface area contributed by atoms with E-state index in [1.807, 2.05) is 22.9 Å². The van der Waals surface area contributed by atoms with Gasteiger partial charge in [0.05, 0.1) is 17.1 Å². The van der Waals surface area contributed by atoms with Gasteiger partial charge in [-0.2, -0.15) is 0 Å². The molecule has 0 aliphatic rings. The third-order valence-corrected chi connectivity index (χ3v) is 5.50. The lowest BCUT2D eigenvalue weighted by atomic mass is 10.3. The SMILES string of the molecule is CN(Cc1csc(-c2cccs2)n1)C(=O)CCn1ccc(=O)[nH]c1=O. The molecule has 0 unspecified atom stereocenters. The number of hydrogen-bond donors (Lipinski definition) is 1. The maximum absolute atomic E-state index is 12.3. The molecule has 1 N–H and O–H groups in total. The maximum Gasteiger partial charge on any atom is 0.328 e. The summed E-state index contributed by atoms with van der Waals surface area (Å²) in [7, 11) is 1.71. The largest absolute Gasteiger partial charge is 0.340 e. The van der Waals surface area contributed by atoms with Crippen molar-refractivity contribution in [2.75, 3.05) is 7.05 Å². The van der Waals surface area contributed by atoms with Gasteiger partial charge in [0.15, 0.2) is 0 Å². The number of aryl methyl sites for hydroxylation is 1. The molecule has 0 atom stereocenters. The van der Waals surface area contributed by atoms with Gasteiger partial charge in [0.25, 0.3) is 5.56 Å². The third-order valence-electron chi connectivity index (χ3n) is 3.57. The number of nitrogens with zero attached hydrogens (tertiary/aromatic N) is 3. The monoisotopic (exact) mass is 376 g/mol. The number of hydrogen-bond acceptors (Lipinski definition) is 6. The van der Waals surface area contributed by atoms with Crippen LogP contribution in [0.4, 0.5) is 0 Å². The highest BCUT2D eigenvalue weighted by atomic mass is 32.1. The van der Waals surface area contributed by atoms with Crippen LogP contribution in [0.15, 0.2) is 44.7 Å². The van der Waals surface area contributed by atoms with E-state index in [-0.39, 0.29) is 18.9 Å². The van der Waals surface area contributed by atoms with Crippen molar-refractivity contribution in [1.29, 1.82) is 0 Å². The van der Waals surface area contributed by atoms with Gasteiger partial charge in [0, 0.05) is 37.7 Å². The highest BCUT2D eigenvalue weighted by molar-refractivity contribution is 7.20. The Morgan fingerprint density at radius 2 is 2.16 bits per heavy atom. The molecule has 3 heterocycles. The minimum Gasteiger partial charge on any atom is -0.340 e. The smallest absolute Gasteiger partial charge is 0.328 e. The number of aromatic nitrogens is 3. The maximum atomic E-state index is 12.3. The second kappa shape index (κ2) is 7.58. The van der Waals surface area contributed by atoms with Crippen molar-refractivity contribution in [1.82, 2.24) is 19.4 Å². The van der Waals surface area contributed by atoms with Crippen LogP contribution in [0.1, 0.15) is 12.1 Å². The number of nitrogens with one attached hydrogen (secondary N) is 1. The Morgan fingerprint density at radius 1 is 1.32 bits per heavy atom. The van der Waals surface area contributed by atoms with Crippen LogP contribution in [0.3, 0.4) is 0 Å². The Labute approximate surface area is 151 Å². The highest BCUT2D eigenvalue weighted by Crippen LogP contribution is 2.28. The predicted octanol–water partition coefficient (Wildman–Crippen LogP) is 1.77. The molecule has 3 aromatic heterocycles. The van der Waals surface area contributed by atoms with E-state index in [4.69, 9.17) is 0 Å². The zero-order chi connectivity index (χ0) is 17.8. The van der Waals surface area contributed by atoms with E-state index >= 15 is 0 Å². The molecule has 0 aliphatic heterocycles. The summed E-state index contributed by atoms with van der Waals surface area (Å²) in [5, 5.41) is 4.90. The number of thiazole rings is 1. The van der Waals surface area contributed by atoms with E-state index < -0.39 is 11.2 Å². The summed E-state index contributed by atoms with van der Waals surface area (Å²) < 4.78 is 1.31. The van der Waals surface area contributed by atoms with E-state index in [0.717, 1.165) is 15.6 Å². The molecule has 0 saturated carbocycles. The van der Waals surface area contributed by atoms with Crippen LogP contribution in [0.2, 0.25) is 0 Å². The van der Waals surface area contributed by atoms with Crippen LogP contribution in [-0.4, -0.2) is 32.4 Å². The van der Waals surface area contributed by atoms with E-state index in [9.17, 15) is 14.4 Å². The zero-order valence-corrected chi connectivity index (χ0v) is 15.1. The molecule has 3 aromatic rings. The minimum atomic E-state index is -0.511. The molecule has 0 spiro atoms. The van der Waals surface area contributed by atoms with E-state index in [1.165, 1.54) is 16.8 Å². The van der Waals surface area contributed by atoms with Crippen molar-refractivity contribution in [3.63, 3.8) is 0 Å². The Bertz CT molecular complexity index is 972. The number of amides is 1. The molecule has 0 bridgehead atoms. The first kappa shape index (κ1) is 17.3. The summed E-state index contributed by atoms with van der Waals surface area (Å²) in [6, 6.07) is 5.26. The molecule has 3 rings (SSSR count). The first-order valence-corrected chi connectivity index (χ1v) is 9.31. The van der Waals surface area contributed by atoms with Crippen LogP contribution in [0, 0.1) is 0 Å². The normalized spacial score (nSPS) is 10.8. The van der Waals surface area contributed by atoms with E-state index in [1.54, 1.807) is 34.6 Å². The molecule has 7 nitrogen and oxygen atoms in total. The molecule has 0 saturated heterocycles. The lowest BCUT2D eigenvalue weighted by Crippen LogP contribution is -2.32. The minimum absolute atomic E-state index is 0.0937. The summed E-state index contributed by atoms with van der Waals surface area (Å²) in [5.41, 5.74) is -0.122. The van der Waals surface area contributed by atoms with Crippen molar-refractivity contribution < 1.29 is 4.79 Å². The van der Waals surface area contributed by atoms with Crippen LogP contribution in [0.25, 0.3) is 9.88 Å². The van der Waals surface area contributed by atoms with E-state index in [2.05, 4.69) is 9.97 Å². The quantitative estimate of drug-likeness (QED) is 0.710. The van der Waals surface area contributed by atoms with E-state index in [0.29, 0.717) is 6.54 Å². The third kappa shape index (κ3) is 4.31. The number of aromatic amines is 1. The Hall–Kier alpha value is -2.52. The number of carbonyl (C=O) groups excluding carboxylic acids is 1. The summed E-state index contributed by atoms with van der Waals surface area (Å²) in [6.45, 7) is 0.636. The van der Waals surface area contributed by atoms with Crippen molar-refractivity contribution in [3.05, 3.63) is 61.7 Å². The second-order valence-corrected chi connectivity index (χ2v) is 7.23. The fourth-order valence-corrected chi connectivity index (χ4v) is 3.88. The number of thiophene rings is 1. The van der Waals surface area contributed by atoms with Crippen LogP contribution < -0.4 is 11.2 Å². The molecule has 25 heavy (non-hydrogen) atoms. The summed E-state index contributed by atoms with van der Waals surface area (Å²) in [5.74, 6) is -0.0937. The Kier molecular flexibility index (Phi) is 5.25. The van der Waals surface area contributed by atoms with Gasteiger partial charge in [-0.15, -0.1) is 22.7 Å². The Morgan fingerprint density at radius 3 is 2.88 bits per heavy atom. The van der Waals surface area contributed by atoms with Gasteiger partial charge < -0.3 is 9.47 Å². The topological polar surface area (TPSA) is 88.1 Å². The van der Waals surface area contributed by atoms with Gasteiger partial charge in [-0.25, -0.2) is 9.78 Å². The fourth-order valence-electron chi connectivity index (χ4n) is 2.25. The Balaban J connectivity index is 1.57. The molecule has 0 aliphatic carbocycles. The molecule has 1 amide bonds. The molecule has 9 heteroatoms. The summed E-state index contributed by atoms with van der Waals surface area (Å²) >= 11 is 3.19. The van der Waals surface area contributed by atoms with Crippen LogP contribution in [0.5, 0.6) is 0 Å². The fraction of sp³-hybridized carbons (Fsp3) is 0.250. The predicted molar refractivity (Wildman–Crippen MR) is 97.8 cm³/mol. The summed E-state index contributed by atoms with van der Waals surface area (Å²) in [4.78, 5) is 44.3. The number of H-pyrrole nitrogens is 1. The second-order valence-electron chi connectivity index (χ2n) is 5.42. The van der Waals surface area contributed by atoms with Gasteiger partial charge >= 0.3 is 5.69 Å². The zero-order valence-electron chi connectivity index (χ0n) is 13.5. The van der Waals surface area contributed by atoms with Crippen LogP contribution >= 0.6 is 22.7 Å². The molecular formula is C16H16N4O3S2. The van der Waals surface area contributed by atoms with Gasteiger partial charge in [-0.3, -0.25) is 14.6 Å². The first-order valence-electron chi connectivity index (χ1n) is 7.55. The lowest BCUT2D eigenvalue weighted by molar-refractivity contribution is -0.130. The molecule has 0 radical (unpaired) electrons. The van der Waals surface area contributed by atoms with Gasteiger partial charge in [-0.1, -0.05) is 6.07 Å². The van der Waals surface area contributed by atoms with Crippen LogP contribution in [-0.2, 0) is 17.9 Å². The first-order chi connectivity index (χ1) is 12.0. The lowest BCUT2D eigenvalue weighted by Gasteiger charge is -2.16. The van der Waals surface area contributed by atoms with Crippen molar-refractivity contribution >= 4 is 28.6 Å². The highest BCUT2D eigenvalue weighted by Gasteiger charge is 2.13. The van der Waals surface area contributed by atoms with Crippen molar-refractivity contribution in [3.8, 4) is 9.88 Å². The molecule has 130 valence electrons. The molecule has 0 aromatic carbocycles. The standard InChI is InChI=1S/C16H16N4O3S2/c1-19(9-11-10-25-15(17-11)12-3-2-8-24-12)14(22)5-7-20-6-4-13(21)18-16(20)23/h2-4,6,8,10H,5,7,9H2,1H3,(H,18,21,23). The molecular weight excluding hydrogens is 360 g/mol. The number of carbonyl (C=O) groups is 1. The van der Waals surface area contributed by atoms with Crippen molar-refractivity contribution in [2.45, 2.75) is 19.5 Å². The van der Waals surface area contributed by atoms with Gasteiger partial charge in [0.2, 0.25) is 5.91 Å². The summed E-state index contributed by atoms with van der Waals surface area (Å²) in [6.07, 6.45) is 1.56. The van der Waals surface area contributed by atoms with Gasteiger partial charge in [0.1, 0.15) is 5.01 Å².